The number of anilines is 1. The van der Waals surface area contributed by atoms with Crippen molar-refractivity contribution in [2.24, 2.45) is 0 Å². The van der Waals surface area contributed by atoms with Gasteiger partial charge in [0, 0.05) is 32.6 Å². The summed E-state index contributed by atoms with van der Waals surface area (Å²) in [4.78, 5) is 12.9. The highest BCUT2D eigenvalue weighted by Gasteiger charge is 2.47. The van der Waals surface area contributed by atoms with Crippen molar-refractivity contribution >= 4 is 21.3 Å². The average Bonchev–Trinajstić information content (AvgIpc) is 2.59. The van der Waals surface area contributed by atoms with Gasteiger partial charge in [-0.3, -0.25) is 15.2 Å². The third kappa shape index (κ3) is 4.26. The lowest BCUT2D eigenvalue weighted by atomic mass is 10.2. The molecule has 0 saturated carbocycles. The Morgan fingerprint density at radius 1 is 1.27 bits per heavy atom. The van der Waals surface area contributed by atoms with Gasteiger partial charge in [0.05, 0.1) is 10.6 Å². The minimum atomic E-state index is -5.46. The molecule has 0 saturated heterocycles. The molecule has 10 heteroatoms. The van der Waals surface area contributed by atoms with Gasteiger partial charge in [-0.15, -0.1) is 0 Å². The summed E-state index contributed by atoms with van der Waals surface area (Å²) in [5, 5.41) is 1.26. The molecule has 26 heavy (non-hydrogen) atoms. The molecule has 0 spiro atoms. The first-order chi connectivity index (χ1) is 12.0. The van der Waals surface area contributed by atoms with E-state index in [1.807, 2.05) is 0 Å². The second-order valence-corrected chi connectivity index (χ2v) is 7.43. The van der Waals surface area contributed by atoms with Gasteiger partial charge in [-0.1, -0.05) is 6.07 Å². The highest BCUT2D eigenvalue weighted by molar-refractivity contribution is 7.92. The van der Waals surface area contributed by atoms with Crippen molar-refractivity contribution < 1.29 is 26.4 Å². The summed E-state index contributed by atoms with van der Waals surface area (Å²) >= 11 is 0. The maximum Gasteiger partial charge on any atom is 0.501 e. The number of hydrogen-bond acceptors (Lipinski definition) is 6. The lowest BCUT2D eigenvalue weighted by molar-refractivity contribution is -0.111. The summed E-state index contributed by atoms with van der Waals surface area (Å²) in [6.07, 6.45) is 7.32. The number of carbonyl (C=O) groups is 1. The first-order valence-corrected chi connectivity index (χ1v) is 8.75. The summed E-state index contributed by atoms with van der Waals surface area (Å²) in [5.74, 6) is -0.355. The van der Waals surface area contributed by atoms with E-state index < -0.39 is 20.2 Å². The van der Waals surface area contributed by atoms with E-state index in [0.29, 0.717) is 0 Å². The number of alkyl halides is 3. The van der Waals surface area contributed by atoms with E-state index in [-0.39, 0.29) is 17.2 Å². The molecule has 2 rings (SSSR count). The Balaban J connectivity index is 2.26. The number of ketones is 1. The molecule has 6 nitrogen and oxygen atoms in total. The number of nitrogens with one attached hydrogen (secondary N) is 1. The highest BCUT2D eigenvalue weighted by Crippen LogP contribution is 2.32. The van der Waals surface area contributed by atoms with Gasteiger partial charge < -0.3 is 4.90 Å². The molecule has 1 aromatic carbocycles. The Hall–Kier alpha value is -2.75. The summed E-state index contributed by atoms with van der Waals surface area (Å²) in [5.41, 5.74) is -2.37. The number of allylic oxidation sites excluding steroid dienone is 3. The second-order valence-electron chi connectivity index (χ2n) is 5.49. The second kappa shape index (κ2) is 7.24. The molecule has 0 aliphatic carbocycles. The normalized spacial score (nSPS) is 15.0. The van der Waals surface area contributed by atoms with Gasteiger partial charge in [-0.05, 0) is 30.4 Å². The molecule has 0 atom stereocenters. The van der Waals surface area contributed by atoms with Crippen molar-refractivity contribution in [3.05, 3.63) is 60.6 Å². The van der Waals surface area contributed by atoms with Crippen LogP contribution in [0.15, 0.2) is 65.5 Å². The van der Waals surface area contributed by atoms with E-state index in [0.717, 1.165) is 12.1 Å². The lowest BCUT2D eigenvalue weighted by Crippen LogP contribution is -2.37. The van der Waals surface area contributed by atoms with Crippen LogP contribution in [0.4, 0.5) is 18.9 Å². The molecule has 1 N–H and O–H groups in total. The van der Waals surface area contributed by atoms with Crippen molar-refractivity contribution in [1.29, 1.82) is 0 Å². The Kier molecular flexibility index (Phi) is 5.45. The highest BCUT2D eigenvalue weighted by atomic mass is 32.2. The van der Waals surface area contributed by atoms with E-state index >= 15 is 0 Å². The van der Waals surface area contributed by atoms with Gasteiger partial charge in [-0.25, -0.2) is 8.42 Å². The van der Waals surface area contributed by atoms with E-state index in [1.54, 1.807) is 25.2 Å². The van der Waals surface area contributed by atoms with Crippen LogP contribution in [-0.2, 0) is 14.6 Å². The quantitative estimate of drug-likeness (QED) is 0.783. The molecule has 0 aromatic heterocycles. The standard InChI is InChI=1S/C16H16F3N3O3S/c1-21(2)10-8-15(23)14-7-4-9-22(20-14)12-5-3-6-13(11-12)26(24,25)16(17,18)19/h3-11,20H,1-2H3/b10-8+. The first-order valence-electron chi connectivity index (χ1n) is 7.27. The van der Waals surface area contributed by atoms with Crippen LogP contribution in [0.5, 0.6) is 0 Å². The molecule has 140 valence electrons. The number of halogens is 3. The van der Waals surface area contributed by atoms with Crippen LogP contribution in [0, 0.1) is 0 Å². The molecule has 0 radical (unpaired) electrons. The summed E-state index contributed by atoms with van der Waals surface area (Å²) in [6, 6.07) is 4.34. The Bertz CT molecular complexity index is 887. The van der Waals surface area contributed by atoms with Crippen LogP contribution < -0.4 is 10.4 Å². The van der Waals surface area contributed by atoms with Gasteiger partial charge >= 0.3 is 5.51 Å². The van der Waals surface area contributed by atoms with Gasteiger partial charge in [0.25, 0.3) is 9.84 Å². The van der Waals surface area contributed by atoms with Crippen LogP contribution in [0.25, 0.3) is 0 Å². The molecule has 1 aliphatic heterocycles. The third-order valence-corrected chi connectivity index (χ3v) is 4.72. The number of sulfone groups is 1. The Labute approximate surface area is 148 Å². The maximum atomic E-state index is 12.7. The van der Waals surface area contributed by atoms with Crippen molar-refractivity contribution in [1.82, 2.24) is 10.3 Å². The molecule has 1 aliphatic rings. The molecule has 0 unspecified atom stereocenters. The monoisotopic (exact) mass is 387 g/mol. The topological polar surface area (TPSA) is 69.7 Å². The van der Waals surface area contributed by atoms with Crippen LogP contribution in [0.2, 0.25) is 0 Å². The van der Waals surface area contributed by atoms with Gasteiger partial charge in [-0.2, -0.15) is 13.2 Å². The Morgan fingerprint density at radius 2 is 1.96 bits per heavy atom. The summed E-state index contributed by atoms with van der Waals surface area (Å²) in [7, 11) is -1.98. The van der Waals surface area contributed by atoms with Gasteiger partial charge in [0.1, 0.15) is 5.70 Å². The predicted molar refractivity (Wildman–Crippen MR) is 90.4 cm³/mol. The minimum Gasteiger partial charge on any atom is -0.383 e. The lowest BCUT2D eigenvalue weighted by Gasteiger charge is -2.26. The van der Waals surface area contributed by atoms with Crippen LogP contribution in [0.3, 0.4) is 0 Å². The molecule has 0 fully saturated rings. The SMILES string of the molecule is CN(C)/C=C/C(=O)C1=CC=CN(c2cccc(S(=O)(=O)C(F)(F)F)c2)N1. The van der Waals surface area contributed by atoms with Gasteiger partial charge in [0.15, 0.2) is 0 Å². The molecular weight excluding hydrogens is 371 g/mol. The fraction of sp³-hybridized carbons (Fsp3) is 0.188. The summed E-state index contributed by atoms with van der Waals surface area (Å²) in [6.45, 7) is 0. The van der Waals surface area contributed by atoms with E-state index in [1.165, 1.54) is 41.6 Å². The van der Waals surface area contributed by atoms with Crippen molar-refractivity contribution in [2.75, 3.05) is 19.1 Å². The van der Waals surface area contributed by atoms with Crippen molar-refractivity contribution in [3.63, 3.8) is 0 Å². The number of nitrogens with zero attached hydrogens (tertiary/aromatic N) is 2. The van der Waals surface area contributed by atoms with E-state index in [2.05, 4.69) is 5.43 Å². The smallest absolute Gasteiger partial charge is 0.383 e. The third-order valence-electron chi connectivity index (χ3n) is 3.24. The number of hydrazine groups is 1. The number of hydrogen-bond donors (Lipinski definition) is 1. The van der Waals surface area contributed by atoms with Gasteiger partial charge in [0.2, 0.25) is 5.78 Å². The van der Waals surface area contributed by atoms with E-state index in [9.17, 15) is 26.4 Å². The fourth-order valence-electron chi connectivity index (χ4n) is 1.96. The first kappa shape index (κ1) is 19.6. The molecule has 0 bridgehead atoms. The van der Waals surface area contributed by atoms with Crippen molar-refractivity contribution in [3.8, 4) is 0 Å². The van der Waals surface area contributed by atoms with Crippen LogP contribution in [-0.4, -0.2) is 38.7 Å². The Morgan fingerprint density at radius 3 is 2.58 bits per heavy atom. The number of carbonyl (C=O) groups excluding carboxylic acids is 1. The zero-order valence-corrected chi connectivity index (χ0v) is 14.7. The molecular formula is C16H16F3N3O3S. The molecule has 1 aromatic rings. The zero-order chi connectivity index (χ0) is 19.5. The van der Waals surface area contributed by atoms with Crippen LogP contribution >= 0.6 is 0 Å². The fourth-order valence-corrected chi connectivity index (χ4v) is 2.76. The molecule has 0 amide bonds. The molecule has 1 heterocycles. The maximum absolute atomic E-state index is 12.7. The predicted octanol–water partition coefficient (Wildman–Crippen LogP) is 2.35. The minimum absolute atomic E-state index is 0.126. The largest absolute Gasteiger partial charge is 0.501 e. The summed E-state index contributed by atoms with van der Waals surface area (Å²) < 4.78 is 61.2. The number of rotatable bonds is 5. The van der Waals surface area contributed by atoms with Crippen LogP contribution in [0.1, 0.15) is 0 Å². The van der Waals surface area contributed by atoms with Crippen molar-refractivity contribution in [2.45, 2.75) is 10.4 Å². The van der Waals surface area contributed by atoms with E-state index in [4.69, 9.17) is 0 Å². The average molecular weight is 387 g/mol. The number of benzene rings is 1. The zero-order valence-electron chi connectivity index (χ0n) is 13.9.